The van der Waals surface area contributed by atoms with Crippen molar-refractivity contribution in [3.05, 3.63) is 41.2 Å². The van der Waals surface area contributed by atoms with Gasteiger partial charge in [0.15, 0.2) is 5.69 Å². The number of aromatic carboxylic acids is 1. The minimum atomic E-state index is -2.88. The van der Waals surface area contributed by atoms with Crippen LogP contribution in [0.15, 0.2) is 24.3 Å². The van der Waals surface area contributed by atoms with E-state index < -0.39 is 23.8 Å². The van der Waals surface area contributed by atoms with Crippen LogP contribution in [0.2, 0.25) is 0 Å². The number of carboxylic acids is 1. The van der Waals surface area contributed by atoms with E-state index in [2.05, 4.69) is 20.9 Å². The van der Waals surface area contributed by atoms with Crippen molar-refractivity contribution < 1.29 is 18.7 Å². The highest BCUT2D eigenvalue weighted by Crippen LogP contribution is 2.64. The molecule has 5 rings (SSSR count). The smallest absolute Gasteiger partial charge is 0.356 e. The average Bonchev–Trinajstić information content (AvgIpc) is 2.85. The Bertz CT molecular complexity index is 835. The van der Waals surface area contributed by atoms with Crippen molar-refractivity contribution >= 4 is 21.9 Å². The Hall–Kier alpha value is -1.76. The van der Waals surface area contributed by atoms with Gasteiger partial charge in [0.2, 0.25) is 0 Å². The van der Waals surface area contributed by atoms with Crippen molar-refractivity contribution in [3.63, 3.8) is 0 Å². The summed E-state index contributed by atoms with van der Waals surface area (Å²) in [6.45, 7) is 1.99. The first-order chi connectivity index (χ1) is 10.9. The Kier molecular flexibility index (Phi) is 2.98. The molecule has 23 heavy (non-hydrogen) atoms. The number of carboxylic acid groups (broad SMARTS) is 1. The molecule has 3 heterocycles. The van der Waals surface area contributed by atoms with E-state index in [0.29, 0.717) is 17.8 Å². The molecule has 4 nitrogen and oxygen atoms in total. The summed E-state index contributed by atoms with van der Waals surface area (Å²) >= 11 is 3.78. The maximum absolute atomic E-state index is 13.6. The molecule has 0 amide bonds. The van der Waals surface area contributed by atoms with E-state index in [-0.39, 0.29) is 16.3 Å². The van der Waals surface area contributed by atoms with E-state index in [0.717, 1.165) is 5.56 Å². The number of hydrogen-bond donors (Lipinski definition) is 1. The quantitative estimate of drug-likeness (QED) is 0.784. The van der Waals surface area contributed by atoms with Gasteiger partial charge in [-0.25, -0.2) is 18.6 Å². The molecule has 3 atom stereocenters. The summed E-state index contributed by atoms with van der Waals surface area (Å²) < 4.78 is 28.4. The minimum Gasteiger partial charge on any atom is -0.476 e. The van der Waals surface area contributed by atoms with Gasteiger partial charge in [-0.1, -0.05) is 47.1 Å². The Morgan fingerprint density at radius 2 is 2.17 bits per heavy atom. The fraction of sp³-hybridized carbons (Fsp3) is 0.375. The van der Waals surface area contributed by atoms with Crippen LogP contribution in [0.1, 0.15) is 47.6 Å². The predicted molar refractivity (Wildman–Crippen MR) is 83.0 cm³/mol. The van der Waals surface area contributed by atoms with Crippen molar-refractivity contribution in [1.29, 1.82) is 0 Å². The topological polar surface area (TPSA) is 55.1 Å². The van der Waals surface area contributed by atoms with Crippen molar-refractivity contribution in [1.82, 2.24) is 9.55 Å². The second kappa shape index (κ2) is 4.63. The molecule has 2 aromatic rings. The Morgan fingerprint density at radius 1 is 1.48 bits per heavy atom. The van der Waals surface area contributed by atoms with Gasteiger partial charge in [0, 0.05) is 11.6 Å². The zero-order valence-electron chi connectivity index (χ0n) is 12.1. The molecule has 2 bridgehead atoms. The SMILES string of the molecule is CC1C2CC1(Br)c1ccccc1-c1nc(C(=O)O)c(C(F)F)n12. The van der Waals surface area contributed by atoms with Crippen LogP contribution in [-0.2, 0) is 4.32 Å². The number of alkyl halides is 3. The van der Waals surface area contributed by atoms with Gasteiger partial charge in [-0.3, -0.25) is 0 Å². The lowest BCUT2D eigenvalue weighted by Crippen LogP contribution is -2.45. The van der Waals surface area contributed by atoms with Crippen LogP contribution in [0.5, 0.6) is 0 Å². The van der Waals surface area contributed by atoms with E-state index in [1.807, 2.05) is 31.2 Å². The second-order valence-corrected chi connectivity index (χ2v) is 7.53. The van der Waals surface area contributed by atoms with E-state index in [1.54, 1.807) is 0 Å². The summed E-state index contributed by atoms with van der Waals surface area (Å²) in [5.74, 6) is -1.04. The fourth-order valence-electron chi connectivity index (χ4n) is 3.86. The van der Waals surface area contributed by atoms with Crippen LogP contribution in [-0.4, -0.2) is 20.6 Å². The first kappa shape index (κ1) is 14.8. The van der Waals surface area contributed by atoms with E-state index in [1.165, 1.54) is 4.57 Å². The van der Waals surface area contributed by atoms with Gasteiger partial charge in [-0.05, 0) is 17.9 Å². The largest absolute Gasteiger partial charge is 0.476 e. The number of hydrogen-bond acceptors (Lipinski definition) is 2. The van der Waals surface area contributed by atoms with Crippen molar-refractivity contribution in [3.8, 4) is 11.4 Å². The molecule has 0 spiro atoms. The lowest BCUT2D eigenvalue weighted by molar-refractivity contribution is 0.0667. The highest BCUT2D eigenvalue weighted by atomic mass is 79.9. The summed E-state index contributed by atoms with van der Waals surface area (Å²) in [5, 5.41) is 9.28. The Balaban J connectivity index is 2.09. The van der Waals surface area contributed by atoms with Gasteiger partial charge in [-0.15, -0.1) is 0 Å². The molecule has 1 N–H and O–H groups in total. The van der Waals surface area contributed by atoms with Crippen LogP contribution in [0.4, 0.5) is 8.78 Å². The Morgan fingerprint density at radius 3 is 2.78 bits per heavy atom. The highest BCUT2D eigenvalue weighted by Gasteiger charge is 2.56. The van der Waals surface area contributed by atoms with E-state index >= 15 is 0 Å². The zero-order valence-corrected chi connectivity index (χ0v) is 13.7. The number of halogens is 3. The standard InChI is InChI=1S/C16H13BrF2N2O2/c1-7-10-6-16(7,17)9-5-3-2-4-8(9)14-20-11(15(22)23)12(13(18)19)21(10)14/h2-5,7,10,13H,6H2,1H3,(H,22,23). The third-order valence-electron chi connectivity index (χ3n) is 5.11. The third kappa shape index (κ3) is 1.74. The molecule has 7 heteroatoms. The number of aromatic nitrogens is 2. The molecule has 1 aromatic heterocycles. The Labute approximate surface area is 139 Å². The summed E-state index contributed by atoms with van der Waals surface area (Å²) in [6, 6.07) is 7.27. The molecule has 2 aliphatic heterocycles. The monoisotopic (exact) mass is 382 g/mol. The molecule has 120 valence electrons. The molecule has 1 aromatic carbocycles. The predicted octanol–water partition coefficient (Wildman–Crippen LogP) is 4.37. The van der Waals surface area contributed by atoms with Crippen LogP contribution < -0.4 is 0 Å². The number of rotatable bonds is 2. The molecule has 3 unspecified atom stereocenters. The average molecular weight is 383 g/mol. The zero-order chi connectivity index (χ0) is 16.5. The first-order valence-electron chi connectivity index (χ1n) is 7.28. The molecule has 1 saturated carbocycles. The second-order valence-electron chi connectivity index (χ2n) is 6.11. The molecule has 1 fully saturated rings. The minimum absolute atomic E-state index is 0.0539. The maximum Gasteiger partial charge on any atom is 0.356 e. The lowest BCUT2D eigenvalue weighted by Gasteiger charge is -2.50. The lowest BCUT2D eigenvalue weighted by atomic mass is 9.67. The number of nitrogens with zero attached hydrogens (tertiary/aromatic N) is 2. The van der Waals surface area contributed by atoms with Crippen LogP contribution in [0.3, 0.4) is 0 Å². The van der Waals surface area contributed by atoms with Crippen LogP contribution >= 0.6 is 15.9 Å². The van der Waals surface area contributed by atoms with Gasteiger partial charge in [0.1, 0.15) is 11.5 Å². The summed E-state index contributed by atoms with van der Waals surface area (Å²) in [5.41, 5.74) is 0.650. The van der Waals surface area contributed by atoms with Gasteiger partial charge < -0.3 is 9.67 Å². The maximum atomic E-state index is 13.6. The summed E-state index contributed by atoms with van der Waals surface area (Å²) in [4.78, 5) is 15.5. The normalized spacial score (nSPS) is 27.9. The van der Waals surface area contributed by atoms with Gasteiger partial charge in [0.05, 0.1) is 4.32 Å². The first-order valence-corrected chi connectivity index (χ1v) is 8.08. The third-order valence-corrected chi connectivity index (χ3v) is 6.58. The number of benzene rings is 1. The fourth-order valence-corrected chi connectivity index (χ4v) is 4.84. The van der Waals surface area contributed by atoms with Gasteiger partial charge in [-0.2, -0.15) is 0 Å². The van der Waals surface area contributed by atoms with E-state index in [9.17, 15) is 18.7 Å². The molecular formula is C16H13BrF2N2O2. The summed E-state index contributed by atoms with van der Waals surface area (Å²) in [6.07, 6.45) is -2.25. The molecule has 0 radical (unpaired) electrons. The number of imidazole rings is 1. The van der Waals surface area contributed by atoms with Crippen LogP contribution in [0.25, 0.3) is 11.4 Å². The van der Waals surface area contributed by atoms with E-state index in [4.69, 9.17) is 0 Å². The molecule has 1 aliphatic carbocycles. The highest BCUT2D eigenvalue weighted by molar-refractivity contribution is 9.09. The van der Waals surface area contributed by atoms with Gasteiger partial charge in [0.25, 0.3) is 6.43 Å². The van der Waals surface area contributed by atoms with Crippen LogP contribution in [0, 0.1) is 5.92 Å². The molecular weight excluding hydrogens is 370 g/mol. The van der Waals surface area contributed by atoms with Crippen molar-refractivity contribution in [2.75, 3.05) is 0 Å². The van der Waals surface area contributed by atoms with Gasteiger partial charge >= 0.3 is 5.97 Å². The number of carbonyl (C=O) groups is 1. The van der Waals surface area contributed by atoms with Crippen molar-refractivity contribution in [2.45, 2.75) is 30.1 Å². The summed E-state index contributed by atoms with van der Waals surface area (Å²) in [7, 11) is 0. The molecule has 3 aliphatic rings. The van der Waals surface area contributed by atoms with Crippen molar-refractivity contribution in [2.24, 2.45) is 5.92 Å². The molecule has 0 saturated heterocycles.